The van der Waals surface area contributed by atoms with Crippen molar-refractivity contribution in [3.63, 3.8) is 0 Å². The molecule has 8 nitrogen and oxygen atoms in total. The number of likely N-dealkylation sites (tertiary alicyclic amines) is 1. The predicted molar refractivity (Wildman–Crippen MR) is 102 cm³/mol. The van der Waals surface area contributed by atoms with Gasteiger partial charge in [-0.25, -0.2) is 0 Å². The van der Waals surface area contributed by atoms with E-state index in [1.807, 2.05) is 6.92 Å². The Hall–Kier alpha value is -3.16. The molecule has 0 unspecified atom stereocenters. The molecule has 8 heteroatoms. The van der Waals surface area contributed by atoms with E-state index in [4.69, 9.17) is 4.42 Å². The Kier molecular flexibility index (Phi) is 5.77. The lowest BCUT2D eigenvalue weighted by atomic mass is 9.95. The van der Waals surface area contributed by atoms with Crippen molar-refractivity contribution < 1.29 is 18.9 Å². The van der Waals surface area contributed by atoms with E-state index < -0.39 is 4.92 Å². The molecular formula is C20H23N3O5. The first-order chi connectivity index (χ1) is 13.4. The number of hydrogen-bond acceptors (Lipinski definition) is 5. The van der Waals surface area contributed by atoms with Gasteiger partial charge in [-0.05, 0) is 37.5 Å². The number of hydrogen-bond donors (Lipinski definition) is 0. The second kappa shape index (κ2) is 8.24. The number of nitro benzene ring substituents is 1. The number of furan rings is 1. The summed E-state index contributed by atoms with van der Waals surface area (Å²) >= 11 is 0. The van der Waals surface area contributed by atoms with Gasteiger partial charge in [0.05, 0.1) is 23.1 Å². The Balaban J connectivity index is 1.69. The summed E-state index contributed by atoms with van der Waals surface area (Å²) in [6, 6.07) is 9.27. The number of amides is 2. The van der Waals surface area contributed by atoms with Crippen molar-refractivity contribution in [1.29, 1.82) is 0 Å². The van der Waals surface area contributed by atoms with Crippen LogP contribution in [0.4, 0.5) is 5.69 Å². The summed E-state index contributed by atoms with van der Waals surface area (Å²) in [5, 5.41) is 11.0. The van der Waals surface area contributed by atoms with E-state index in [2.05, 4.69) is 0 Å². The quantitative estimate of drug-likeness (QED) is 0.581. The highest BCUT2D eigenvalue weighted by atomic mass is 16.6. The molecule has 1 aliphatic heterocycles. The van der Waals surface area contributed by atoms with E-state index >= 15 is 0 Å². The SMILES string of the molecule is C[C@@H](c1cccc([N+](=O)[O-])c1)N(C)C(=O)[C@H]1CCCN(C(=O)c2ccco2)C1. The molecule has 1 aliphatic rings. The van der Waals surface area contributed by atoms with Crippen LogP contribution in [0, 0.1) is 16.0 Å². The van der Waals surface area contributed by atoms with Gasteiger partial charge in [-0.15, -0.1) is 0 Å². The fraction of sp³-hybridized carbons (Fsp3) is 0.400. The van der Waals surface area contributed by atoms with Gasteiger partial charge in [0.25, 0.3) is 11.6 Å². The molecule has 0 bridgehead atoms. The zero-order chi connectivity index (χ0) is 20.3. The molecule has 0 spiro atoms. The van der Waals surface area contributed by atoms with E-state index in [9.17, 15) is 19.7 Å². The Morgan fingerprint density at radius 2 is 2.11 bits per heavy atom. The van der Waals surface area contributed by atoms with Crippen molar-refractivity contribution >= 4 is 17.5 Å². The number of piperidine rings is 1. The van der Waals surface area contributed by atoms with Crippen LogP contribution in [0.25, 0.3) is 0 Å². The Bertz CT molecular complexity index is 864. The average molecular weight is 385 g/mol. The second-order valence-corrected chi connectivity index (χ2v) is 7.04. The molecule has 2 heterocycles. The summed E-state index contributed by atoms with van der Waals surface area (Å²) in [4.78, 5) is 39.3. The molecule has 28 heavy (non-hydrogen) atoms. The zero-order valence-electron chi connectivity index (χ0n) is 15.9. The molecule has 0 saturated carbocycles. The zero-order valence-corrected chi connectivity index (χ0v) is 15.9. The summed E-state index contributed by atoms with van der Waals surface area (Å²) in [5.41, 5.74) is 0.697. The van der Waals surface area contributed by atoms with Crippen molar-refractivity contribution in [2.24, 2.45) is 5.92 Å². The van der Waals surface area contributed by atoms with Crippen LogP contribution in [0.15, 0.2) is 47.1 Å². The van der Waals surface area contributed by atoms with E-state index in [-0.39, 0.29) is 35.2 Å². The molecule has 1 saturated heterocycles. The standard InChI is InChI=1S/C20H23N3O5/c1-14(15-6-3-8-17(12-15)23(26)27)21(2)19(24)16-7-4-10-22(13-16)20(25)18-9-5-11-28-18/h3,5-6,8-9,11-12,14,16H,4,7,10,13H2,1-2H3/t14-,16-/m0/s1. The van der Waals surface area contributed by atoms with Gasteiger partial charge in [-0.1, -0.05) is 12.1 Å². The number of non-ortho nitro benzene ring substituents is 1. The first-order valence-electron chi connectivity index (χ1n) is 9.22. The van der Waals surface area contributed by atoms with Gasteiger partial charge < -0.3 is 14.2 Å². The molecular weight excluding hydrogens is 362 g/mol. The molecule has 148 valence electrons. The van der Waals surface area contributed by atoms with Crippen LogP contribution in [0.2, 0.25) is 0 Å². The molecule has 0 N–H and O–H groups in total. The van der Waals surface area contributed by atoms with Crippen LogP contribution >= 0.6 is 0 Å². The Labute approximate surface area is 162 Å². The Morgan fingerprint density at radius 1 is 1.32 bits per heavy atom. The number of nitro groups is 1. The third kappa shape index (κ3) is 4.05. The monoisotopic (exact) mass is 385 g/mol. The fourth-order valence-electron chi connectivity index (χ4n) is 3.52. The van der Waals surface area contributed by atoms with E-state index in [1.165, 1.54) is 18.4 Å². The van der Waals surface area contributed by atoms with E-state index in [1.54, 1.807) is 41.1 Å². The molecule has 3 rings (SSSR count). The molecule has 1 fully saturated rings. The van der Waals surface area contributed by atoms with Gasteiger partial charge in [0, 0.05) is 32.3 Å². The van der Waals surface area contributed by atoms with Crippen molar-refractivity contribution in [3.8, 4) is 0 Å². The van der Waals surface area contributed by atoms with Gasteiger partial charge in [0.15, 0.2) is 5.76 Å². The molecule has 2 atom stereocenters. The van der Waals surface area contributed by atoms with Crippen molar-refractivity contribution in [3.05, 3.63) is 64.1 Å². The summed E-state index contributed by atoms with van der Waals surface area (Å²) in [5.74, 6) is -0.321. The van der Waals surface area contributed by atoms with Gasteiger partial charge in [-0.3, -0.25) is 19.7 Å². The molecule has 2 amide bonds. The maximum absolute atomic E-state index is 13.0. The highest BCUT2D eigenvalue weighted by molar-refractivity contribution is 5.92. The van der Waals surface area contributed by atoms with Gasteiger partial charge in [0.1, 0.15) is 0 Å². The molecule has 1 aromatic carbocycles. The van der Waals surface area contributed by atoms with Crippen LogP contribution < -0.4 is 0 Å². The van der Waals surface area contributed by atoms with Gasteiger partial charge in [0.2, 0.25) is 5.91 Å². The minimum Gasteiger partial charge on any atom is -0.459 e. The summed E-state index contributed by atoms with van der Waals surface area (Å²) in [7, 11) is 1.69. The third-order valence-corrected chi connectivity index (χ3v) is 5.28. The first-order valence-corrected chi connectivity index (χ1v) is 9.22. The molecule has 0 aliphatic carbocycles. The van der Waals surface area contributed by atoms with Crippen LogP contribution in [-0.2, 0) is 4.79 Å². The molecule has 2 aromatic rings. The van der Waals surface area contributed by atoms with Crippen LogP contribution in [-0.4, -0.2) is 46.7 Å². The van der Waals surface area contributed by atoms with Crippen molar-refractivity contribution in [2.45, 2.75) is 25.8 Å². The largest absolute Gasteiger partial charge is 0.459 e. The van der Waals surface area contributed by atoms with Crippen LogP contribution in [0.1, 0.15) is 41.9 Å². The lowest BCUT2D eigenvalue weighted by Crippen LogP contribution is -2.46. The highest BCUT2D eigenvalue weighted by Crippen LogP contribution is 2.27. The maximum Gasteiger partial charge on any atom is 0.289 e. The summed E-state index contributed by atoms with van der Waals surface area (Å²) < 4.78 is 5.18. The van der Waals surface area contributed by atoms with Gasteiger partial charge in [-0.2, -0.15) is 0 Å². The number of rotatable bonds is 5. The Morgan fingerprint density at radius 3 is 2.79 bits per heavy atom. The topological polar surface area (TPSA) is 96.9 Å². The average Bonchev–Trinajstić information content (AvgIpc) is 3.26. The number of carbonyl (C=O) groups is 2. The smallest absolute Gasteiger partial charge is 0.289 e. The molecule has 1 aromatic heterocycles. The number of carbonyl (C=O) groups excluding carboxylic acids is 2. The lowest BCUT2D eigenvalue weighted by Gasteiger charge is -2.35. The summed E-state index contributed by atoms with van der Waals surface area (Å²) in [6.45, 7) is 2.77. The minimum atomic E-state index is -0.447. The van der Waals surface area contributed by atoms with Crippen LogP contribution in [0.3, 0.4) is 0 Å². The molecule has 0 radical (unpaired) electrons. The normalized spacial score (nSPS) is 17.8. The summed E-state index contributed by atoms with van der Waals surface area (Å²) in [6.07, 6.45) is 2.89. The van der Waals surface area contributed by atoms with E-state index in [0.717, 1.165) is 6.42 Å². The maximum atomic E-state index is 13.0. The third-order valence-electron chi connectivity index (χ3n) is 5.28. The highest BCUT2D eigenvalue weighted by Gasteiger charge is 2.33. The number of benzene rings is 1. The van der Waals surface area contributed by atoms with Crippen molar-refractivity contribution in [2.75, 3.05) is 20.1 Å². The minimum absolute atomic E-state index is 0.00177. The van der Waals surface area contributed by atoms with Crippen LogP contribution in [0.5, 0.6) is 0 Å². The van der Waals surface area contributed by atoms with Crippen molar-refractivity contribution in [1.82, 2.24) is 9.80 Å². The predicted octanol–water partition coefficient (Wildman–Crippen LogP) is 3.26. The number of nitrogens with zero attached hydrogens (tertiary/aromatic N) is 3. The second-order valence-electron chi connectivity index (χ2n) is 7.04. The fourth-order valence-corrected chi connectivity index (χ4v) is 3.52. The lowest BCUT2D eigenvalue weighted by molar-refractivity contribution is -0.384. The first kappa shape index (κ1) is 19.6. The van der Waals surface area contributed by atoms with Gasteiger partial charge >= 0.3 is 0 Å². The van der Waals surface area contributed by atoms with E-state index in [0.29, 0.717) is 25.1 Å².